The van der Waals surface area contributed by atoms with Crippen LogP contribution in [0.15, 0.2) is 30.5 Å². The number of rotatable bonds is 6. The highest BCUT2D eigenvalue weighted by atomic mass is 32.1. The number of thiazole rings is 1. The first-order valence-electron chi connectivity index (χ1n) is 8.15. The molecule has 0 saturated carbocycles. The standard InChI is InChI=1S/C17H21FN4OS/c1-2-3-13-9-15(22-21-13)16(23)20-17-19-10-14(24-17)8-11-4-6-12(18)7-5-11/h4-7,10,13,15,21-22H,2-3,8-9H2,1H3,(H,19,20,23). The van der Waals surface area contributed by atoms with Gasteiger partial charge in [0.25, 0.3) is 0 Å². The minimum atomic E-state index is -0.241. The molecular formula is C17H21FN4OS. The number of halogens is 1. The van der Waals surface area contributed by atoms with Crippen molar-refractivity contribution in [3.63, 3.8) is 0 Å². The fourth-order valence-electron chi connectivity index (χ4n) is 2.77. The molecule has 128 valence electrons. The summed E-state index contributed by atoms with van der Waals surface area (Å²) < 4.78 is 12.9. The van der Waals surface area contributed by atoms with Gasteiger partial charge in [0.1, 0.15) is 11.9 Å². The zero-order valence-electron chi connectivity index (χ0n) is 13.5. The van der Waals surface area contributed by atoms with E-state index in [1.165, 1.54) is 23.5 Å². The number of hydrazine groups is 1. The Kier molecular flexibility index (Phi) is 5.55. The lowest BCUT2D eigenvalue weighted by atomic mass is 10.1. The van der Waals surface area contributed by atoms with E-state index in [0.717, 1.165) is 29.7 Å². The summed E-state index contributed by atoms with van der Waals surface area (Å²) in [7, 11) is 0. The van der Waals surface area contributed by atoms with Gasteiger partial charge in [0.2, 0.25) is 5.91 Å². The number of anilines is 1. The molecule has 1 amide bonds. The van der Waals surface area contributed by atoms with Gasteiger partial charge in [0.15, 0.2) is 5.13 Å². The molecule has 3 N–H and O–H groups in total. The number of hydrogen-bond acceptors (Lipinski definition) is 5. The summed E-state index contributed by atoms with van der Waals surface area (Å²) in [5.41, 5.74) is 7.22. The predicted molar refractivity (Wildman–Crippen MR) is 93.3 cm³/mol. The Morgan fingerprint density at radius 1 is 1.38 bits per heavy atom. The number of carbonyl (C=O) groups is 1. The lowest BCUT2D eigenvalue weighted by Gasteiger charge is -2.08. The van der Waals surface area contributed by atoms with Gasteiger partial charge >= 0.3 is 0 Å². The van der Waals surface area contributed by atoms with Crippen molar-refractivity contribution in [2.45, 2.75) is 44.7 Å². The minimum Gasteiger partial charge on any atom is -0.301 e. The second kappa shape index (κ2) is 7.83. The first kappa shape index (κ1) is 17.0. The number of hydrogen-bond donors (Lipinski definition) is 3. The fourth-order valence-corrected chi connectivity index (χ4v) is 3.62. The molecule has 2 unspecified atom stereocenters. The normalized spacial score (nSPS) is 20.2. The van der Waals surface area contributed by atoms with Crippen molar-refractivity contribution in [3.05, 3.63) is 46.7 Å². The Hall–Kier alpha value is -1.83. The molecule has 0 radical (unpaired) electrons. The smallest absolute Gasteiger partial charge is 0.244 e. The van der Waals surface area contributed by atoms with E-state index in [4.69, 9.17) is 0 Å². The Balaban J connectivity index is 1.54. The lowest BCUT2D eigenvalue weighted by molar-refractivity contribution is -0.117. The number of aromatic nitrogens is 1. The first-order valence-corrected chi connectivity index (χ1v) is 8.96. The average Bonchev–Trinajstić information content (AvgIpc) is 3.20. The van der Waals surface area contributed by atoms with Crippen LogP contribution in [0, 0.1) is 5.82 Å². The van der Waals surface area contributed by atoms with Crippen LogP contribution in [-0.4, -0.2) is 23.0 Å². The Morgan fingerprint density at radius 2 is 2.17 bits per heavy atom. The number of amides is 1. The molecule has 7 heteroatoms. The third-order valence-electron chi connectivity index (χ3n) is 4.01. The highest BCUT2D eigenvalue weighted by Gasteiger charge is 2.28. The van der Waals surface area contributed by atoms with Crippen LogP contribution >= 0.6 is 11.3 Å². The third kappa shape index (κ3) is 4.37. The van der Waals surface area contributed by atoms with Crippen LogP contribution in [-0.2, 0) is 11.2 Å². The number of benzene rings is 1. The molecule has 1 fully saturated rings. The van der Waals surface area contributed by atoms with Crippen molar-refractivity contribution in [1.29, 1.82) is 0 Å². The minimum absolute atomic E-state index is 0.0659. The van der Waals surface area contributed by atoms with Gasteiger partial charge in [-0.15, -0.1) is 11.3 Å². The van der Waals surface area contributed by atoms with Gasteiger partial charge in [-0.25, -0.2) is 14.8 Å². The van der Waals surface area contributed by atoms with Gasteiger partial charge in [0, 0.05) is 23.5 Å². The number of nitrogens with one attached hydrogen (secondary N) is 3. The van der Waals surface area contributed by atoms with Crippen molar-refractivity contribution in [3.8, 4) is 0 Å². The van der Waals surface area contributed by atoms with Crippen LogP contribution in [0.3, 0.4) is 0 Å². The molecule has 2 aromatic rings. The molecule has 2 heterocycles. The fraction of sp³-hybridized carbons (Fsp3) is 0.412. The third-order valence-corrected chi connectivity index (χ3v) is 4.92. The summed E-state index contributed by atoms with van der Waals surface area (Å²) in [6, 6.07) is 6.53. The van der Waals surface area contributed by atoms with Crippen LogP contribution in [0.1, 0.15) is 36.6 Å². The quantitative estimate of drug-likeness (QED) is 0.751. The average molecular weight is 348 g/mol. The van der Waals surface area contributed by atoms with Crippen molar-refractivity contribution < 1.29 is 9.18 Å². The van der Waals surface area contributed by atoms with E-state index in [1.807, 2.05) is 0 Å². The molecule has 2 atom stereocenters. The molecule has 0 aliphatic carbocycles. The maximum atomic E-state index is 12.9. The molecule has 24 heavy (non-hydrogen) atoms. The van der Waals surface area contributed by atoms with Gasteiger partial charge in [-0.1, -0.05) is 25.5 Å². The summed E-state index contributed by atoms with van der Waals surface area (Å²) in [6.07, 6.45) is 5.36. The van der Waals surface area contributed by atoms with E-state index in [1.54, 1.807) is 18.3 Å². The molecule has 3 rings (SSSR count). The van der Waals surface area contributed by atoms with Gasteiger partial charge in [-0.3, -0.25) is 10.2 Å². The topological polar surface area (TPSA) is 66.0 Å². The Morgan fingerprint density at radius 3 is 2.92 bits per heavy atom. The van der Waals surface area contributed by atoms with E-state index >= 15 is 0 Å². The molecule has 1 aromatic heterocycles. The monoisotopic (exact) mass is 348 g/mol. The summed E-state index contributed by atoms with van der Waals surface area (Å²) in [4.78, 5) is 17.6. The molecule has 1 saturated heterocycles. The van der Waals surface area contributed by atoms with Crippen LogP contribution in [0.2, 0.25) is 0 Å². The lowest BCUT2D eigenvalue weighted by Crippen LogP contribution is -2.40. The van der Waals surface area contributed by atoms with Gasteiger partial charge in [-0.2, -0.15) is 0 Å². The van der Waals surface area contributed by atoms with E-state index in [2.05, 4.69) is 28.1 Å². The molecule has 1 aromatic carbocycles. The van der Waals surface area contributed by atoms with Crippen molar-refractivity contribution in [2.75, 3.05) is 5.32 Å². The summed E-state index contributed by atoms with van der Waals surface area (Å²) >= 11 is 1.45. The maximum Gasteiger partial charge on any atom is 0.244 e. The highest BCUT2D eigenvalue weighted by Crippen LogP contribution is 2.22. The van der Waals surface area contributed by atoms with Crippen LogP contribution in [0.4, 0.5) is 9.52 Å². The second-order valence-electron chi connectivity index (χ2n) is 5.99. The number of carbonyl (C=O) groups excluding carboxylic acids is 1. The highest BCUT2D eigenvalue weighted by molar-refractivity contribution is 7.15. The van der Waals surface area contributed by atoms with Crippen molar-refractivity contribution in [2.24, 2.45) is 0 Å². The predicted octanol–water partition coefficient (Wildman–Crippen LogP) is 2.85. The maximum absolute atomic E-state index is 12.9. The van der Waals surface area contributed by atoms with E-state index in [0.29, 0.717) is 17.6 Å². The zero-order chi connectivity index (χ0) is 16.9. The Bertz CT molecular complexity index is 688. The molecule has 0 spiro atoms. The summed E-state index contributed by atoms with van der Waals surface area (Å²) in [6.45, 7) is 2.13. The zero-order valence-corrected chi connectivity index (χ0v) is 14.3. The van der Waals surface area contributed by atoms with E-state index < -0.39 is 0 Å². The van der Waals surface area contributed by atoms with Gasteiger partial charge in [-0.05, 0) is 30.5 Å². The summed E-state index contributed by atoms with van der Waals surface area (Å²) in [5.74, 6) is -0.307. The number of nitrogens with zero attached hydrogens (tertiary/aromatic N) is 1. The largest absolute Gasteiger partial charge is 0.301 e. The molecule has 1 aliphatic rings. The van der Waals surface area contributed by atoms with Gasteiger partial charge < -0.3 is 5.32 Å². The van der Waals surface area contributed by atoms with Gasteiger partial charge in [0.05, 0.1) is 0 Å². The van der Waals surface area contributed by atoms with Crippen molar-refractivity contribution in [1.82, 2.24) is 15.8 Å². The van der Waals surface area contributed by atoms with Crippen LogP contribution < -0.4 is 16.2 Å². The molecule has 1 aliphatic heterocycles. The van der Waals surface area contributed by atoms with Crippen LogP contribution in [0.25, 0.3) is 0 Å². The summed E-state index contributed by atoms with van der Waals surface area (Å²) in [5, 5.41) is 3.46. The molecule has 0 bridgehead atoms. The van der Waals surface area contributed by atoms with Crippen molar-refractivity contribution >= 4 is 22.4 Å². The van der Waals surface area contributed by atoms with Crippen LogP contribution in [0.5, 0.6) is 0 Å². The first-order chi connectivity index (χ1) is 11.6. The second-order valence-corrected chi connectivity index (χ2v) is 7.10. The Labute approximate surface area is 144 Å². The van der Waals surface area contributed by atoms with E-state index in [-0.39, 0.29) is 17.8 Å². The van der Waals surface area contributed by atoms with E-state index in [9.17, 15) is 9.18 Å². The SMILES string of the molecule is CCCC1CC(C(=O)Nc2ncc(Cc3ccc(F)cc3)s2)NN1. The molecular weight excluding hydrogens is 327 g/mol. The molecule has 5 nitrogen and oxygen atoms in total.